The summed E-state index contributed by atoms with van der Waals surface area (Å²) in [6, 6.07) is 8.35. The molecule has 0 aliphatic carbocycles. The van der Waals surface area contributed by atoms with Gasteiger partial charge in [0.15, 0.2) is 0 Å². The number of hydrogen-bond acceptors (Lipinski definition) is 5. The highest BCUT2D eigenvalue weighted by molar-refractivity contribution is 5.10. The maximum Gasteiger partial charge on any atom is 0.0593 e. The number of pyridine rings is 1. The topological polar surface area (TPSA) is 46.4 Å². The van der Waals surface area contributed by atoms with Crippen LogP contribution in [0.25, 0.3) is 0 Å². The number of rotatable bonds is 7. The highest BCUT2D eigenvalue weighted by Gasteiger charge is 2.23. The van der Waals surface area contributed by atoms with Crippen LogP contribution in [0.15, 0.2) is 30.5 Å². The Morgan fingerprint density at radius 3 is 2.92 bits per heavy atom. The SMILES string of the molecule is Cc1cccc(CN2Cc3ccnn3C[C@H](COCCN(C)C)C2)n1. The molecule has 0 bridgehead atoms. The van der Waals surface area contributed by atoms with E-state index in [1.165, 1.54) is 5.69 Å². The van der Waals surface area contributed by atoms with E-state index in [4.69, 9.17) is 4.74 Å². The maximum atomic E-state index is 5.92. The number of ether oxygens (including phenoxy) is 1. The first-order valence-electron chi connectivity index (χ1n) is 8.98. The van der Waals surface area contributed by atoms with Crippen molar-refractivity contribution in [3.63, 3.8) is 0 Å². The molecule has 0 unspecified atom stereocenters. The average Bonchev–Trinajstić information content (AvgIpc) is 2.91. The molecule has 0 N–H and O–H groups in total. The van der Waals surface area contributed by atoms with Crippen molar-refractivity contribution in [1.29, 1.82) is 0 Å². The lowest BCUT2D eigenvalue weighted by atomic mass is 10.1. The summed E-state index contributed by atoms with van der Waals surface area (Å²) in [5.74, 6) is 0.438. The average molecular weight is 343 g/mol. The van der Waals surface area contributed by atoms with Crippen molar-refractivity contribution in [3.8, 4) is 0 Å². The van der Waals surface area contributed by atoms with Gasteiger partial charge in [0.05, 0.1) is 24.6 Å². The molecule has 1 aliphatic rings. The molecule has 3 heterocycles. The monoisotopic (exact) mass is 343 g/mol. The standard InChI is InChI=1S/C19H29N5O/c1-16-5-4-6-18(21-16)13-23-11-17(15-25-10-9-22(2)3)12-24-19(14-23)7-8-20-24/h4-8,17H,9-15H2,1-3H3/t17-/m1/s1. The normalized spacial score (nSPS) is 18.3. The van der Waals surface area contributed by atoms with E-state index in [1.807, 2.05) is 19.2 Å². The molecule has 1 aliphatic heterocycles. The van der Waals surface area contributed by atoms with Gasteiger partial charge in [-0.15, -0.1) is 0 Å². The molecule has 2 aromatic rings. The third-order valence-corrected chi connectivity index (χ3v) is 4.51. The van der Waals surface area contributed by atoms with Crippen LogP contribution in [0.2, 0.25) is 0 Å². The van der Waals surface area contributed by atoms with E-state index in [1.54, 1.807) is 0 Å². The molecule has 0 amide bonds. The van der Waals surface area contributed by atoms with Gasteiger partial charge in [0.25, 0.3) is 0 Å². The minimum absolute atomic E-state index is 0.438. The smallest absolute Gasteiger partial charge is 0.0593 e. The molecule has 0 saturated carbocycles. The molecule has 0 saturated heterocycles. The second-order valence-electron chi connectivity index (χ2n) is 7.19. The van der Waals surface area contributed by atoms with Crippen LogP contribution in [0, 0.1) is 12.8 Å². The number of aryl methyl sites for hydroxylation is 1. The van der Waals surface area contributed by atoms with Crippen molar-refractivity contribution in [2.24, 2.45) is 5.92 Å². The third kappa shape index (κ3) is 5.36. The highest BCUT2D eigenvalue weighted by atomic mass is 16.5. The summed E-state index contributed by atoms with van der Waals surface area (Å²) >= 11 is 0. The molecule has 1 atom stereocenters. The van der Waals surface area contributed by atoms with Crippen LogP contribution in [0.5, 0.6) is 0 Å². The van der Waals surface area contributed by atoms with Crippen LogP contribution < -0.4 is 0 Å². The summed E-state index contributed by atoms with van der Waals surface area (Å²) in [6.45, 7) is 8.23. The third-order valence-electron chi connectivity index (χ3n) is 4.51. The molecular weight excluding hydrogens is 314 g/mol. The Morgan fingerprint density at radius 1 is 1.24 bits per heavy atom. The number of likely N-dealkylation sites (N-methyl/N-ethyl adjacent to an activating group) is 1. The van der Waals surface area contributed by atoms with Crippen LogP contribution in [0.1, 0.15) is 17.1 Å². The van der Waals surface area contributed by atoms with Crippen molar-refractivity contribution < 1.29 is 4.74 Å². The second-order valence-corrected chi connectivity index (χ2v) is 7.19. The molecule has 25 heavy (non-hydrogen) atoms. The quantitative estimate of drug-likeness (QED) is 0.718. The molecule has 0 fully saturated rings. The van der Waals surface area contributed by atoms with Gasteiger partial charge in [-0.3, -0.25) is 14.6 Å². The Labute approximate surface area is 150 Å². The molecule has 6 heteroatoms. The van der Waals surface area contributed by atoms with Gasteiger partial charge in [0, 0.05) is 50.5 Å². The van der Waals surface area contributed by atoms with Crippen LogP contribution in [-0.2, 0) is 24.4 Å². The van der Waals surface area contributed by atoms with Gasteiger partial charge in [-0.2, -0.15) is 5.10 Å². The van der Waals surface area contributed by atoms with Gasteiger partial charge in [-0.1, -0.05) is 6.07 Å². The van der Waals surface area contributed by atoms with Gasteiger partial charge in [-0.05, 0) is 39.2 Å². The zero-order valence-corrected chi connectivity index (χ0v) is 15.6. The van der Waals surface area contributed by atoms with E-state index >= 15 is 0 Å². The largest absolute Gasteiger partial charge is 0.380 e. The predicted molar refractivity (Wildman–Crippen MR) is 98.2 cm³/mol. The van der Waals surface area contributed by atoms with Crippen LogP contribution in [-0.4, -0.2) is 65.0 Å². The summed E-state index contributed by atoms with van der Waals surface area (Å²) in [5, 5.41) is 4.49. The van der Waals surface area contributed by atoms with E-state index in [9.17, 15) is 0 Å². The Hall–Kier alpha value is -1.76. The predicted octanol–water partition coefficient (Wildman–Crippen LogP) is 1.80. The first kappa shape index (κ1) is 18.0. The minimum atomic E-state index is 0.438. The van der Waals surface area contributed by atoms with E-state index in [2.05, 4.69) is 56.9 Å². The molecule has 3 rings (SSSR count). The minimum Gasteiger partial charge on any atom is -0.380 e. The summed E-state index contributed by atoms with van der Waals surface area (Å²) in [5.41, 5.74) is 3.46. The van der Waals surface area contributed by atoms with Crippen molar-refractivity contribution in [2.75, 3.05) is 40.4 Å². The Morgan fingerprint density at radius 2 is 2.12 bits per heavy atom. The molecule has 0 spiro atoms. The number of fused-ring (bicyclic) bond motifs is 1. The fourth-order valence-electron chi connectivity index (χ4n) is 3.26. The number of hydrogen-bond donors (Lipinski definition) is 0. The molecule has 6 nitrogen and oxygen atoms in total. The van der Waals surface area contributed by atoms with E-state index in [0.29, 0.717) is 5.92 Å². The second kappa shape index (κ2) is 8.56. The van der Waals surface area contributed by atoms with Crippen LogP contribution in [0.3, 0.4) is 0 Å². The lowest BCUT2D eigenvalue weighted by Gasteiger charge is -2.24. The van der Waals surface area contributed by atoms with Gasteiger partial charge in [-0.25, -0.2) is 0 Å². The summed E-state index contributed by atoms with van der Waals surface area (Å²) in [4.78, 5) is 9.27. The maximum absolute atomic E-state index is 5.92. The van der Waals surface area contributed by atoms with Gasteiger partial charge in [0.1, 0.15) is 0 Å². The summed E-state index contributed by atoms with van der Waals surface area (Å²) in [7, 11) is 4.14. The van der Waals surface area contributed by atoms with Gasteiger partial charge in [0.2, 0.25) is 0 Å². The highest BCUT2D eigenvalue weighted by Crippen LogP contribution is 2.18. The lowest BCUT2D eigenvalue weighted by molar-refractivity contribution is 0.0671. The van der Waals surface area contributed by atoms with Crippen LogP contribution in [0.4, 0.5) is 0 Å². The fourth-order valence-corrected chi connectivity index (χ4v) is 3.26. The molecular formula is C19H29N5O. The molecule has 0 radical (unpaired) electrons. The number of aromatic nitrogens is 3. The van der Waals surface area contributed by atoms with Gasteiger partial charge >= 0.3 is 0 Å². The Bertz CT molecular complexity index is 669. The zero-order chi connectivity index (χ0) is 17.6. The Kier molecular flexibility index (Phi) is 6.18. The van der Waals surface area contributed by atoms with E-state index in [-0.39, 0.29) is 0 Å². The summed E-state index contributed by atoms with van der Waals surface area (Å²) in [6.07, 6.45) is 1.90. The Balaban J connectivity index is 1.64. The first-order chi connectivity index (χ1) is 12.1. The van der Waals surface area contributed by atoms with E-state index < -0.39 is 0 Å². The zero-order valence-electron chi connectivity index (χ0n) is 15.6. The van der Waals surface area contributed by atoms with Crippen LogP contribution >= 0.6 is 0 Å². The summed E-state index contributed by atoms with van der Waals surface area (Å²) < 4.78 is 8.05. The van der Waals surface area contributed by atoms with Crippen molar-refractivity contribution >= 4 is 0 Å². The van der Waals surface area contributed by atoms with E-state index in [0.717, 1.165) is 57.3 Å². The van der Waals surface area contributed by atoms with Crippen molar-refractivity contribution in [3.05, 3.63) is 47.5 Å². The fraction of sp³-hybridized carbons (Fsp3) is 0.579. The molecule has 0 aromatic carbocycles. The molecule has 136 valence electrons. The molecule has 2 aromatic heterocycles. The first-order valence-corrected chi connectivity index (χ1v) is 8.98. The lowest BCUT2D eigenvalue weighted by Crippen LogP contribution is -2.31. The number of nitrogens with zero attached hydrogens (tertiary/aromatic N) is 5. The van der Waals surface area contributed by atoms with Gasteiger partial charge < -0.3 is 9.64 Å². The van der Waals surface area contributed by atoms with Crippen molar-refractivity contribution in [2.45, 2.75) is 26.6 Å². The van der Waals surface area contributed by atoms with Crippen molar-refractivity contribution in [1.82, 2.24) is 24.6 Å².